The molecule has 3 rings (SSSR count). The van der Waals surface area contributed by atoms with E-state index in [1.807, 2.05) is 0 Å². The van der Waals surface area contributed by atoms with Crippen molar-refractivity contribution < 1.29 is 19.0 Å². The molecule has 0 aliphatic rings. The van der Waals surface area contributed by atoms with Gasteiger partial charge in [0.15, 0.2) is 6.10 Å². The van der Waals surface area contributed by atoms with Gasteiger partial charge in [-0.3, -0.25) is 0 Å². The topological polar surface area (TPSA) is 70.5 Å². The van der Waals surface area contributed by atoms with E-state index in [0.717, 1.165) is 0 Å². The molecule has 8 heteroatoms. The smallest absolute Gasteiger partial charge is 0.347 e. The number of carbonyl (C=O) groups is 1. The first kappa shape index (κ1) is 19.0. The highest BCUT2D eigenvalue weighted by atomic mass is 35.5. The van der Waals surface area contributed by atoms with Gasteiger partial charge >= 0.3 is 5.97 Å². The molecule has 0 amide bonds. The van der Waals surface area contributed by atoms with Crippen molar-refractivity contribution in [3.8, 4) is 17.4 Å². The van der Waals surface area contributed by atoms with E-state index in [-0.39, 0.29) is 6.61 Å². The Morgan fingerprint density at radius 2 is 1.93 bits per heavy atom. The Kier molecular flexibility index (Phi) is 6.16. The van der Waals surface area contributed by atoms with Crippen molar-refractivity contribution in [1.29, 1.82) is 0 Å². The van der Waals surface area contributed by atoms with Gasteiger partial charge in [-0.2, -0.15) is 0 Å². The molecule has 2 aromatic carbocycles. The molecule has 27 heavy (non-hydrogen) atoms. The third-order valence-electron chi connectivity index (χ3n) is 3.47. The number of rotatable bonds is 7. The van der Waals surface area contributed by atoms with Gasteiger partial charge < -0.3 is 14.2 Å². The Labute approximate surface area is 166 Å². The van der Waals surface area contributed by atoms with Crippen LogP contribution in [0.15, 0.2) is 48.7 Å². The molecule has 0 saturated carbocycles. The summed E-state index contributed by atoms with van der Waals surface area (Å²) in [4.78, 5) is 20.3. The normalized spacial score (nSPS) is 11.6. The van der Waals surface area contributed by atoms with Crippen molar-refractivity contribution in [3.63, 3.8) is 0 Å². The first-order valence-electron chi connectivity index (χ1n) is 8.02. The van der Waals surface area contributed by atoms with Crippen molar-refractivity contribution in [2.75, 3.05) is 6.61 Å². The second-order valence-electron chi connectivity index (χ2n) is 5.47. The molecule has 1 unspecified atom stereocenters. The summed E-state index contributed by atoms with van der Waals surface area (Å²) in [5.74, 6) is 0.938. The minimum absolute atomic E-state index is 0.0770. The van der Waals surface area contributed by atoms with Crippen molar-refractivity contribution in [2.45, 2.75) is 13.0 Å². The average Bonchev–Trinajstić information content (AvgIpc) is 2.67. The van der Waals surface area contributed by atoms with Crippen LogP contribution < -0.4 is 9.47 Å². The number of hydrogen-bond donors (Lipinski definition) is 0. The van der Waals surface area contributed by atoms with Crippen molar-refractivity contribution in [1.82, 2.24) is 9.97 Å². The molecule has 138 valence electrons. The van der Waals surface area contributed by atoms with Gasteiger partial charge in [0.2, 0.25) is 5.88 Å². The molecular weight excluding hydrogens is 388 g/mol. The van der Waals surface area contributed by atoms with E-state index in [1.165, 1.54) is 11.6 Å². The minimum atomic E-state index is -0.745. The molecule has 0 radical (unpaired) electrons. The number of fused-ring (bicyclic) bond motifs is 1. The fourth-order valence-electron chi connectivity index (χ4n) is 2.21. The predicted octanol–water partition coefficient (Wildman–Crippen LogP) is 4.39. The summed E-state index contributed by atoms with van der Waals surface area (Å²) in [6.45, 7) is 1.68. The Balaban J connectivity index is 1.64. The second kappa shape index (κ2) is 8.75. The van der Waals surface area contributed by atoms with E-state index in [2.05, 4.69) is 22.2 Å². The highest BCUT2D eigenvalue weighted by Crippen LogP contribution is 2.24. The van der Waals surface area contributed by atoms with E-state index in [9.17, 15) is 4.79 Å². The lowest BCUT2D eigenvalue weighted by molar-refractivity contribution is -0.149. The molecule has 1 heterocycles. The van der Waals surface area contributed by atoms with Gasteiger partial charge in [-0.25, -0.2) is 14.8 Å². The van der Waals surface area contributed by atoms with Gasteiger partial charge in [-0.05, 0) is 49.4 Å². The van der Waals surface area contributed by atoms with Crippen LogP contribution in [0.3, 0.4) is 0 Å². The number of hydrogen-bond acceptors (Lipinski definition) is 7. The lowest BCUT2D eigenvalue weighted by atomic mass is 10.3. The van der Waals surface area contributed by atoms with Crippen LogP contribution in [0.25, 0.3) is 11.0 Å². The zero-order valence-electron chi connectivity index (χ0n) is 14.3. The summed E-state index contributed by atoms with van der Waals surface area (Å²) in [5.41, 5.74) is 1.37. The third-order valence-corrected chi connectivity index (χ3v) is 3.84. The lowest BCUT2D eigenvalue weighted by Gasteiger charge is -2.13. The highest BCUT2D eigenvalue weighted by molar-refractivity contribution is 7.79. The number of aromatic nitrogens is 2. The van der Waals surface area contributed by atoms with E-state index >= 15 is 0 Å². The zero-order chi connectivity index (χ0) is 19.2. The molecule has 0 saturated heterocycles. The Morgan fingerprint density at radius 1 is 1.19 bits per heavy atom. The van der Waals surface area contributed by atoms with Crippen LogP contribution in [-0.4, -0.2) is 34.0 Å². The highest BCUT2D eigenvalue weighted by Gasteiger charge is 2.15. The standard InChI is InChI=1S/C19H15ClN2O4S/c1-12(19(23)24-8-9-27)25-14-3-5-15(6-4-14)26-18-11-21-17-10-13(20)2-7-16(17)22-18/h2-7,9-12H,8H2,1H3. The molecule has 1 atom stereocenters. The summed E-state index contributed by atoms with van der Waals surface area (Å²) in [5, 5.41) is 1.93. The number of thiocarbonyl (C=S) groups is 1. The van der Waals surface area contributed by atoms with Crippen molar-refractivity contribution in [2.24, 2.45) is 0 Å². The maximum absolute atomic E-state index is 11.7. The van der Waals surface area contributed by atoms with E-state index in [0.29, 0.717) is 33.4 Å². The molecule has 3 aromatic rings. The van der Waals surface area contributed by atoms with Gasteiger partial charge in [-0.1, -0.05) is 23.8 Å². The van der Waals surface area contributed by atoms with Crippen LogP contribution in [0.2, 0.25) is 5.02 Å². The summed E-state index contributed by atoms with van der Waals surface area (Å²) in [7, 11) is 0. The maximum Gasteiger partial charge on any atom is 0.347 e. The fraction of sp³-hybridized carbons (Fsp3) is 0.158. The van der Waals surface area contributed by atoms with E-state index in [1.54, 1.807) is 49.4 Å². The van der Waals surface area contributed by atoms with Crippen LogP contribution >= 0.6 is 23.8 Å². The number of benzene rings is 2. The van der Waals surface area contributed by atoms with Gasteiger partial charge in [-0.15, -0.1) is 0 Å². The summed E-state index contributed by atoms with van der Waals surface area (Å²) >= 11 is 10.6. The number of ether oxygens (including phenoxy) is 3. The Bertz CT molecular complexity index is 966. The van der Waals surface area contributed by atoms with E-state index in [4.69, 9.17) is 25.8 Å². The molecule has 0 aliphatic carbocycles. The monoisotopic (exact) mass is 402 g/mol. The lowest BCUT2D eigenvalue weighted by Crippen LogP contribution is -2.26. The van der Waals surface area contributed by atoms with Crippen LogP contribution in [0.5, 0.6) is 17.4 Å². The molecule has 0 bridgehead atoms. The van der Waals surface area contributed by atoms with Crippen LogP contribution in [-0.2, 0) is 9.53 Å². The molecular formula is C19H15ClN2O4S. The molecule has 6 nitrogen and oxygen atoms in total. The first-order valence-corrected chi connectivity index (χ1v) is 8.87. The van der Waals surface area contributed by atoms with Crippen LogP contribution in [0.1, 0.15) is 6.92 Å². The van der Waals surface area contributed by atoms with E-state index < -0.39 is 12.1 Å². The van der Waals surface area contributed by atoms with Crippen LogP contribution in [0.4, 0.5) is 0 Å². The van der Waals surface area contributed by atoms with Crippen molar-refractivity contribution >= 4 is 46.2 Å². The second-order valence-corrected chi connectivity index (χ2v) is 6.24. The number of carbonyl (C=O) groups excluding carboxylic acids is 1. The van der Waals surface area contributed by atoms with Gasteiger partial charge in [0.05, 0.1) is 17.2 Å². The average molecular weight is 403 g/mol. The summed E-state index contributed by atoms with van der Waals surface area (Å²) < 4.78 is 16.1. The SMILES string of the molecule is CC(Oc1ccc(Oc2cnc3cc(Cl)ccc3n2)cc1)C(=O)OCC=S. The third kappa shape index (κ3) is 5.12. The summed E-state index contributed by atoms with van der Waals surface area (Å²) in [6.07, 6.45) is 0.780. The summed E-state index contributed by atoms with van der Waals surface area (Å²) in [6, 6.07) is 12.0. The van der Waals surface area contributed by atoms with Gasteiger partial charge in [0.25, 0.3) is 0 Å². The molecule has 1 aromatic heterocycles. The Hall–Kier alpha value is -2.77. The van der Waals surface area contributed by atoms with Crippen LogP contribution in [0, 0.1) is 0 Å². The molecule has 0 fully saturated rings. The fourth-order valence-corrected chi connectivity index (χ4v) is 2.44. The van der Waals surface area contributed by atoms with Crippen molar-refractivity contribution in [3.05, 3.63) is 53.7 Å². The Morgan fingerprint density at radius 3 is 2.67 bits per heavy atom. The predicted molar refractivity (Wildman–Crippen MR) is 106 cm³/mol. The zero-order valence-corrected chi connectivity index (χ0v) is 15.9. The largest absolute Gasteiger partial charge is 0.479 e. The minimum Gasteiger partial charge on any atom is -0.479 e. The molecule has 0 aliphatic heterocycles. The number of nitrogens with zero attached hydrogens (tertiary/aromatic N) is 2. The number of esters is 1. The van der Waals surface area contributed by atoms with Gasteiger partial charge in [0, 0.05) is 10.4 Å². The number of halogens is 1. The molecule has 0 N–H and O–H groups in total. The quantitative estimate of drug-likeness (QED) is 0.428. The molecule has 0 spiro atoms. The maximum atomic E-state index is 11.7. The van der Waals surface area contributed by atoms with Gasteiger partial charge in [0.1, 0.15) is 18.1 Å². The first-order chi connectivity index (χ1) is 13.0.